The van der Waals surface area contributed by atoms with Gasteiger partial charge in [-0.15, -0.1) is 0 Å². The van der Waals surface area contributed by atoms with Gasteiger partial charge in [0.25, 0.3) is 0 Å². The molecule has 0 amide bonds. The Balaban J connectivity index is 1.82. The first-order valence-electron chi connectivity index (χ1n) is 7.62. The molecule has 2 aliphatic rings. The van der Waals surface area contributed by atoms with Crippen molar-refractivity contribution in [3.05, 3.63) is 35.4 Å². The summed E-state index contributed by atoms with van der Waals surface area (Å²) in [5.41, 5.74) is 1.47. The van der Waals surface area contributed by atoms with E-state index in [-0.39, 0.29) is 23.5 Å². The lowest BCUT2D eigenvalue weighted by Gasteiger charge is -2.28. The van der Waals surface area contributed by atoms with E-state index in [2.05, 4.69) is 4.90 Å². The van der Waals surface area contributed by atoms with Gasteiger partial charge >= 0.3 is 5.97 Å². The molecule has 1 aliphatic heterocycles. The highest BCUT2D eigenvalue weighted by molar-refractivity contribution is 7.91. The summed E-state index contributed by atoms with van der Waals surface area (Å²) >= 11 is 0. The summed E-state index contributed by atoms with van der Waals surface area (Å²) in [5, 5.41) is 0. The maximum Gasteiger partial charge on any atom is 0.338 e. The standard InChI is InChI=1S/C16H21NO4S/c1-21-16(18)15-5-3-2-4-12(15)10-17(13-6-7-13)14-8-9-22(19,20)11-14/h2-5,13-14H,6-11H2,1H3/t14-/m1/s1. The number of methoxy groups -OCH3 is 1. The fraction of sp³-hybridized carbons (Fsp3) is 0.562. The molecule has 1 aliphatic carbocycles. The van der Waals surface area contributed by atoms with Crippen molar-refractivity contribution in [2.45, 2.75) is 37.9 Å². The third kappa shape index (κ3) is 3.33. The molecule has 6 heteroatoms. The molecule has 1 aromatic carbocycles. The second-order valence-corrected chi connectivity index (χ2v) is 8.34. The quantitative estimate of drug-likeness (QED) is 0.771. The molecular weight excluding hydrogens is 302 g/mol. The highest BCUT2D eigenvalue weighted by atomic mass is 32.2. The molecule has 1 saturated carbocycles. The molecule has 2 fully saturated rings. The lowest BCUT2D eigenvalue weighted by Crippen LogP contribution is -2.37. The third-order valence-electron chi connectivity index (χ3n) is 4.47. The van der Waals surface area contributed by atoms with Gasteiger partial charge < -0.3 is 4.74 Å². The average Bonchev–Trinajstić information content (AvgIpc) is 3.28. The summed E-state index contributed by atoms with van der Waals surface area (Å²) in [4.78, 5) is 14.2. The third-order valence-corrected chi connectivity index (χ3v) is 6.22. The van der Waals surface area contributed by atoms with E-state index >= 15 is 0 Å². The molecule has 0 spiro atoms. The summed E-state index contributed by atoms with van der Waals surface area (Å²) in [6.07, 6.45) is 2.91. The zero-order valence-electron chi connectivity index (χ0n) is 12.7. The predicted molar refractivity (Wildman–Crippen MR) is 83.4 cm³/mol. The van der Waals surface area contributed by atoms with Crippen LogP contribution in [0.4, 0.5) is 0 Å². The number of benzene rings is 1. The molecule has 0 radical (unpaired) electrons. The van der Waals surface area contributed by atoms with E-state index in [0.29, 0.717) is 24.6 Å². The second-order valence-electron chi connectivity index (χ2n) is 6.11. The maximum atomic E-state index is 11.9. The molecule has 120 valence electrons. The Morgan fingerprint density at radius 2 is 1.95 bits per heavy atom. The van der Waals surface area contributed by atoms with E-state index in [4.69, 9.17) is 4.74 Å². The van der Waals surface area contributed by atoms with Gasteiger partial charge in [0.1, 0.15) is 0 Å². The maximum absolute atomic E-state index is 11.9. The van der Waals surface area contributed by atoms with Crippen LogP contribution in [-0.4, -0.2) is 50.0 Å². The van der Waals surface area contributed by atoms with E-state index in [1.54, 1.807) is 6.07 Å². The van der Waals surface area contributed by atoms with Crippen LogP contribution in [0.3, 0.4) is 0 Å². The Kier molecular flexibility index (Phi) is 4.23. The van der Waals surface area contributed by atoms with Crippen molar-refractivity contribution < 1.29 is 17.9 Å². The molecule has 0 bridgehead atoms. The lowest BCUT2D eigenvalue weighted by molar-refractivity contribution is 0.0597. The lowest BCUT2D eigenvalue weighted by atomic mass is 10.1. The van der Waals surface area contributed by atoms with Crippen molar-refractivity contribution >= 4 is 15.8 Å². The highest BCUT2D eigenvalue weighted by Crippen LogP contribution is 2.34. The number of sulfone groups is 1. The van der Waals surface area contributed by atoms with Gasteiger partial charge in [-0.05, 0) is 30.9 Å². The Bertz CT molecular complexity index is 666. The van der Waals surface area contributed by atoms with Crippen LogP contribution in [0.5, 0.6) is 0 Å². The zero-order chi connectivity index (χ0) is 15.7. The average molecular weight is 323 g/mol. The number of carbonyl (C=O) groups is 1. The molecule has 22 heavy (non-hydrogen) atoms. The van der Waals surface area contributed by atoms with E-state index in [0.717, 1.165) is 18.4 Å². The van der Waals surface area contributed by atoms with Crippen molar-refractivity contribution in [1.29, 1.82) is 0 Å². The van der Waals surface area contributed by atoms with Gasteiger partial charge in [-0.2, -0.15) is 0 Å². The molecule has 1 atom stereocenters. The molecule has 1 saturated heterocycles. The van der Waals surface area contributed by atoms with Crippen LogP contribution in [0, 0.1) is 0 Å². The monoisotopic (exact) mass is 323 g/mol. The largest absolute Gasteiger partial charge is 0.465 e. The molecule has 0 N–H and O–H groups in total. The molecule has 0 unspecified atom stereocenters. The van der Waals surface area contributed by atoms with Crippen molar-refractivity contribution in [3.63, 3.8) is 0 Å². The van der Waals surface area contributed by atoms with Gasteiger partial charge in [-0.25, -0.2) is 13.2 Å². The van der Waals surface area contributed by atoms with Crippen LogP contribution in [0.1, 0.15) is 35.2 Å². The van der Waals surface area contributed by atoms with E-state index in [1.165, 1.54) is 7.11 Å². The van der Waals surface area contributed by atoms with Gasteiger partial charge in [-0.3, -0.25) is 4.90 Å². The molecule has 1 heterocycles. The SMILES string of the molecule is COC(=O)c1ccccc1CN(C1CC1)[C@@H]1CCS(=O)(=O)C1. The fourth-order valence-electron chi connectivity index (χ4n) is 3.16. The first kappa shape index (κ1) is 15.5. The summed E-state index contributed by atoms with van der Waals surface area (Å²) in [5.74, 6) is 0.175. The normalized spacial score (nSPS) is 23.6. The summed E-state index contributed by atoms with van der Waals surface area (Å²) in [6, 6.07) is 7.92. The van der Waals surface area contributed by atoms with Crippen molar-refractivity contribution in [2.75, 3.05) is 18.6 Å². The van der Waals surface area contributed by atoms with Crippen LogP contribution in [0.15, 0.2) is 24.3 Å². The number of rotatable bonds is 5. The molecule has 5 nitrogen and oxygen atoms in total. The Morgan fingerprint density at radius 3 is 2.55 bits per heavy atom. The van der Waals surface area contributed by atoms with Crippen molar-refractivity contribution in [1.82, 2.24) is 4.90 Å². The van der Waals surface area contributed by atoms with Gasteiger partial charge in [-0.1, -0.05) is 18.2 Å². The zero-order valence-corrected chi connectivity index (χ0v) is 13.5. The van der Waals surface area contributed by atoms with Crippen LogP contribution in [0.25, 0.3) is 0 Å². The van der Waals surface area contributed by atoms with Crippen LogP contribution in [-0.2, 0) is 21.1 Å². The topological polar surface area (TPSA) is 63.7 Å². The minimum Gasteiger partial charge on any atom is -0.465 e. The molecule has 1 aromatic rings. The van der Waals surface area contributed by atoms with E-state index < -0.39 is 9.84 Å². The number of esters is 1. The Morgan fingerprint density at radius 1 is 1.23 bits per heavy atom. The van der Waals surface area contributed by atoms with E-state index in [1.807, 2.05) is 18.2 Å². The predicted octanol–water partition coefficient (Wildman–Crippen LogP) is 1.62. The van der Waals surface area contributed by atoms with Gasteiger partial charge in [0.05, 0.1) is 24.2 Å². The summed E-state index contributed by atoms with van der Waals surface area (Å²) in [7, 11) is -1.53. The molecule has 3 rings (SSSR count). The Hall–Kier alpha value is -1.40. The van der Waals surface area contributed by atoms with Crippen LogP contribution < -0.4 is 0 Å². The highest BCUT2D eigenvalue weighted by Gasteiger charge is 2.39. The fourth-order valence-corrected chi connectivity index (χ4v) is 4.91. The number of nitrogens with zero attached hydrogens (tertiary/aromatic N) is 1. The first-order valence-corrected chi connectivity index (χ1v) is 9.45. The van der Waals surface area contributed by atoms with Crippen molar-refractivity contribution in [2.24, 2.45) is 0 Å². The number of hydrogen-bond donors (Lipinski definition) is 0. The van der Waals surface area contributed by atoms with E-state index in [9.17, 15) is 13.2 Å². The molecular formula is C16H21NO4S. The first-order chi connectivity index (χ1) is 10.5. The minimum atomic E-state index is -2.90. The number of hydrogen-bond acceptors (Lipinski definition) is 5. The van der Waals surface area contributed by atoms with Crippen molar-refractivity contribution in [3.8, 4) is 0 Å². The van der Waals surface area contributed by atoms with Gasteiger partial charge in [0.15, 0.2) is 9.84 Å². The second kappa shape index (κ2) is 6.01. The van der Waals surface area contributed by atoms with Crippen LogP contribution >= 0.6 is 0 Å². The Labute approximate surface area is 131 Å². The number of carbonyl (C=O) groups excluding carboxylic acids is 1. The smallest absolute Gasteiger partial charge is 0.338 e. The van der Waals surface area contributed by atoms with Gasteiger partial charge in [0, 0.05) is 18.6 Å². The summed E-state index contributed by atoms with van der Waals surface area (Å²) in [6.45, 7) is 0.607. The molecule has 0 aromatic heterocycles. The van der Waals surface area contributed by atoms with Crippen LogP contribution in [0.2, 0.25) is 0 Å². The minimum absolute atomic E-state index is 0.0724. The van der Waals surface area contributed by atoms with Gasteiger partial charge in [0.2, 0.25) is 0 Å². The number of ether oxygens (including phenoxy) is 1. The summed E-state index contributed by atoms with van der Waals surface area (Å²) < 4.78 is 28.4.